The Labute approximate surface area is 118 Å². The van der Waals surface area contributed by atoms with Gasteiger partial charge in [-0.05, 0) is 19.4 Å². The molecular weight excluding hydrogens is 281 g/mol. The Balaban J connectivity index is 2.00. The van der Waals surface area contributed by atoms with Gasteiger partial charge in [-0.3, -0.25) is 29.4 Å². The fourth-order valence-electron chi connectivity index (χ4n) is 2.45. The molecule has 0 saturated carbocycles. The number of carbonyl (C=O) groups is 4. The fourth-order valence-corrected chi connectivity index (χ4v) is 2.45. The van der Waals surface area contributed by atoms with E-state index in [-0.39, 0.29) is 29.8 Å². The van der Waals surface area contributed by atoms with Crippen molar-refractivity contribution in [1.82, 2.24) is 15.2 Å². The summed E-state index contributed by atoms with van der Waals surface area (Å²) in [4.78, 5) is 51.9. The first-order valence-electron chi connectivity index (χ1n) is 6.29. The van der Waals surface area contributed by atoms with Crippen molar-refractivity contribution < 1.29 is 23.6 Å². The normalized spacial score (nSPS) is 21.6. The molecule has 3 rings (SSSR count). The third-order valence-electron chi connectivity index (χ3n) is 3.54. The van der Waals surface area contributed by atoms with Crippen molar-refractivity contribution in [3.63, 3.8) is 0 Å². The van der Waals surface area contributed by atoms with Crippen LogP contribution in [0, 0.1) is 12.7 Å². The minimum absolute atomic E-state index is 0.0000217. The Bertz CT molecular complexity index is 675. The number of pyridine rings is 1. The molecule has 0 spiro atoms. The van der Waals surface area contributed by atoms with Gasteiger partial charge >= 0.3 is 0 Å². The quantitative estimate of drug-likeness (QED) is 0.731. The van der Waals surface area contributed by atoms with E-state index in [1.807, 2.05) is 0 Å². The van der Waals surface area contributed by atoms with Crippen LogP contribution in [0.4, 0.5) is 4.39 Å². The molecule has 1 aromatic heterocycles. The highest BCUT2D eigenvalue weighted by molar-refractivity contribution is 6.22. The number of halogens is 1. The summed E-state index contributed by atoms with van der Waals surface area (Å²) in [5.74, 6) is -3.37. The summed E-state index contributed by atoms with van der Waals surface area (Å²) in [6, 6.07) is -0.121. The molecular formula is C13H10FN3O4. The van der Waals surface area contributed by atoms with E-state index in [2.05, 4.69) is 10.3 Å². The van der Waals surface area contributed by atoms with Gasteiger partial charge in [-0.25, -0.2) is 9.37 Å². The van der Waals surface area contributed by atoms with Crippen molar-refractivity contribution in [3.05, 3.63) is 28.8 Å². The van der Waals surface area contributed by atoms with Gasteiger partial charge in [0.1, 0.15) is 17.6 Å². The summed E-state index contributed by atoms with van der Waals surface area (Å²) in [7, 11) is 0. The summed E-state index contributed by atoms with van der Waals surface area (Å²) in [6.07, 6.45) is 0.0855. The standard InChI is InChI=1S/C13H10FN3O4/c1-5-7(14)4-6-10(15-5)13(21)17(12(6)20)8-2-3-9(18)16-11(8)19/h4,8H,2-3H2,1H3,(H,16,18,19). The number of hydrogen-bond acceptors (Lipinski definition) is 5. The molecule has 108 valence electrons. The summed E-state index contributed by atoms with van der Waals surface area (Å²) >= 11 is 0. The molecule has 21 heavy (non-hydrogen) atoms. The maximum Gasteiger partial charge on any atom is 0.280 e. The Morgan fingerprint density at radius 3 is 2.67 bits per heavy atom. The van der Waals surface area contributed by atoms with E-state index in [0.717, 1.165) is 11.0 Å². The van der Waals surface area contributed by atoms with Crippen LogP contribution in [0.5, 0.6) is 0 Å². The Hall–Kier alpha value is -2.64. The molecule has 0 bridgehead atoms. The SMILES string of the molecule is Cc1nc2c(cc1F)C(=O)N(C1CCC(=O)NC1=O)C2=O. The monoisotopic (exact) mass is 291 g/mol. The Kier molecular flexibility index (Phi) is 2.82. The van der Waals surface area contributed by atoms with Crippen LogP contribution in [0.15, 0.2) is 6.07 Å². The number of nitrogens with one attached hydrogen (secondary N) is 1. The van der Waals surface area contributed by atoms with Gasteiger partial charge in [0.2, 0.25) is 11.8 Å². The summed E-state index contributed by atoms with van der Waals surface area (Å²) in [5.41, 5.74) is -0.323. The molecule has 1 aromatic rings. The topological polar surface area (TPSA) is 96.4 Å². The number of carbonyl (C=O) groups excluding carboxylic acids is 4. The van der Waals surface area contributed by atoms with Crippen LogP contribution in [0.1, 0.15) is 39.4 Å². The van der Waals surface area contributed by atoms with Crippen molar-refractivity contribution >= 4 is 23.6 Å². The van der Waals surface area contributed by atoms with Gasteiger partial charge in [0.25, 0.3) is 11.8 Å². The van der Waals surface area contributed by atoms with Crippen LogP contribution < -0.4 is 5.32 Å². The van der Waals surface area contributed by atoms with Crippen molar-refractivity contribution in [3.8, 4) is 0 Å². The lowest BCUT2D eigenvalue weighted by Gasteiger charge is -2.27. The lowest BCUT2D eigenvalue weighted by Crippen LogP contribution is -2.54. The van der Waals surface area contributed by atoms with E-state index >= 15 is 0 Å². The minimum atomic E-state index is -1.07. The van der Waals surface area contributed by atoms with E-state index in [1.165, 1.54) is 6.92 Å². The van der Waals surface area contributed by atoms with Gasteiger partial charge in [-0.2, -0.15) is 0 Å². The molecule has 7 nitrogen and oxygen atoms in total. The van der Waals surface area contributed by atoms with Gasteiger partial charge in [0.05, 0.1) is 11.3 Å². The number of aromatic nitrogens is 1. The number of fused-ring (bicyclic) bond motifs is 1. The minimum Gasteiger partial charge on any atom is -0.295 e. The molecule has 2 aliphatic rings. The first-order chi connectivity index (χ1) is 9.90. The Morgan fingerprint density at radius 1 is 1.29 bits per heavy atom. The number of aryl methyl sites for hydroxylation is 1. The largest absolute Gasteiger partial charge is 0.295 e. The molecule has 0 aliphatic carbocycles. The van der Waals surface area contributed by atoms with Crippen LogP contribution in [0.25, 0.3) is 0 Å². The third-order valence-corrected chi connectivity index (χ3v) is 3.54. The maximum absolute atomic E-state index is 13.5. The summed E-state index contributed by atoms with van der Waals surface area (Å²) in [5, 5.41) is 2.08. The molecule has 0 aromatic carbocycles. The van der Waals surface area contributed by atoms with E-state index in [1.54, 1.807) is 0 Å². The van der Waals surface area contributed by atoms with Crippen LogP contribution in [-0.2, 0) is 9.59 Å². The number of imide groups is 2. The molecule has 1 fully saturated rings. The van der Waals surface area contributed by atoms with Crippen molar-refractivity contribution in [2.75, 3.05) is 0 Å². The lowest BCUT2D eigenvalue weighted by atomic mass is 10.0. The lowest BCUT2D eigenvalue weighted by molar-refractivity contribution is -0.136. The summed E-state index contributed by atoms with van der Waals surface area (Å²) < 4.78 is 13.5. The number of amides is 4. The highest BCUT2D eigenvalue weighted by Gasteiger charge is 2.45. The number of hydrogen-bond donors (Lipinski definition) is 1. The molecule has 1 atom stereocenters. The molecule has 1 N–H and O–H groups in total. The highest BCUT2D eigenvalue weighted by Crippen LogP contribution is 2.27. The molecule has 1 unspecified atom stereocenters. The van der Waals surface area contributed by atoms with Gasteiger partial charge in [-0.1, -0.05) is 0 Å². The zero-order chi connectivity index (χ0) is 15.3. The van der Waals surface area contributed by atoms with Crippen LogP contribution in [0.3, 0.4) is 0 Å². The average molecular weight is 291 g/mol. The fraction of sp³-hybridized carbons (Fsp3) is 0.308. The predicted octanol–water partition coefficient (Wildman–Crippen LogP) is -0.0697. The first-order valence-corrected chi connectivity index (χ1v) is 6.29. The zero-order valence-electron chi connectivity index (χ0n) is 11.0. The molecule has 4 amide bonds. The van der Waals surface area contributed by atoms with E-state index in [9.17, 15) is 23.6 Å². The van der Waals surface area contributed by atoms with Crippen molar-refractivity contribution in [2.45, 2.75) is 25.8 Å². The van der Waals surface area contributed by atoms with Crippen molar-refractivity contribution in [1.29, 1.82) is 0 Å². The van der Waals surface area contributed by atoms with Crippen LogP contribution in [0.2, 0.25) is 0 Å². The average Bonchev–Trinajstić information content (AvgIpc) is 2.64. The van der Waals surface area contributed by atoms with Gasteiger partial charge in [0, 0.05) is 6.42 Å². The van der Waals surface area contributed by atoms with E-state index < -0.39 is 35.5 Å². The molecule has 2 aliphatic heterocycles. The molecule has 8 heteroatoms. The second kappa shape index (κ2) is 4.44. The summed E-state index contributed by atoms with van der Waals surface area (Å²) in [6.45, 7) is 1.38. The van der Waals surface area contributed by atoms with E-state index in [4.69, 9.17) is 0 Å². The molecule has 1 saturated heterocycles. The molecule has 0 radical (unpaired) electrons. The van der Waals surface area contributed by atoms with E-state index in [0.29, 0.717) is 0 Å². The maximum atomic E-state index is 13.5. The molecule has 3 heterocycles. The highest BCUT2D eigenvalue weighted by atomic mass is 19.1. The third kappa shape index (κ3) is 1.91. The number of rotatable bonds is 1. The van der Waals surface area contributed by atoms with Crippen LogP contribution in [-0.4, -0.2) is 39.6 Å². The second-order valence-electron chi connectivity index (χ2n) is 4.90. The first kappa shape index (κ1) is 13.3. The number of piperidine rings is 1. The van der Waals surface area contributed by atoms with Gasteiger partial charge in [-0.15, -0.1) is 0 Å². The zero-order valence-corrected chi connectivity index (χ0v) is 11.0. The predicted molar refractivity (Wildman–Crippen MR) is 65.6 cm³/mol. The van der Waals surface area contributed by atoms with Gasteiger partial charge in [0.15, 0.2) is 0 Å². The Morgan fingerprint density at radius 2 is 2.00 bits per heavy atom. The van der Waals surface area contributed by atoms with Crippen LogP contribution >= 0.6 is 0 Å². The second-order valence-corrected chi connectivity index (χ2v) is 4.90. The smallest absolute Gasteiger partial charge is 0.280 e. The van der Waals surface area contributed by atoms with Gasteiger partial charge < -0.3 is 0 Å². The van der Waals surface area contributed by atoms with Crippen molar-refractivity contribution in [2.24, 2.45) is 0 Å². The number of nitrogens with zero attached hydrogens (tertiary/aromatic N) is 2.